The zero-order valence-corrected chi connectivity index (χ0v) is 19.3. The Kier molecular flexibility index (Phi) is 6.98. The Labute approximate surface area is 187 Å². The van der Waals surface area contributed by atoms with Crippen molar-refractivity contribution < 1.29 is 27.4 Å². The molecule has 1 aliphatic rings. The highest BCUT2D eigenvalue weighted by atomic mass is 35.5. The highest BCUT2D eigenvalue weighted by Crippen LogP contribution is 2.37. The Morgan fingerprint density at radius 3 is 2.55 bits per heavy atom. The van der Waals surface area contributed by atoms with Crippen LogP contribution in [0.1, 0.15) is 22.8 Å². The number of halogens is 1. The van der Waals surface area contributed by atoms with Gasteiger partial charge in [-0.1, -0.05) is 17.7 Å². The van der Waals surface area contributed by atoms with Gasteiger partial charge in [-0.3, -0.25) is 9.52 Å². The smallest absolute Gasteiger partial charge is 0.262 e. The van der Waals surface area contributed by atoms with Crippen molar-refractivity contribution in [1.82, 2.24) is 4.90 Å². The monoisotopic (exact) mass is 468 g/mol. The fourth-order valence-corrected chi connectivity index (χ4v) is 4.92. The van der Waals surface area contributed by atoms with E-state index < -0.39 is 10.0 Å². The number of nitrogens with one attached hydrogen (secondary N) is 1. The third kappa shape index (κ3) is 5.06. The van der Waals surface area contributed by atoms with Crippen LogP contribution in [0.15, 0.2) is 35.2 Å². The molecule has 0 unspecified atom stereocenters. The largest absolute Gasteiger partial charge is 0.495 e. The summed E-state index contributed by atoms with van der Waals surface area (Å²) in [5.74, 6) is 0.360. The molecule has 1 amide bonds. The maximum atomic E-state index is 13.2. The lowest BCUT2D eigenvalue weighted by Gasteiger charge is -2.31. The lowest BCUT2D eigenvalue weighted by atomic mass is 10.1. The Morgan fingerprint density at radius 1 is 1.19 bits per heavy atom. The van der Waals surface area contributed by atoms with Gasteiger partial charge in [0, 0.05) is 24.7 Å². The van der Waals surface area contributed by atoms with Crippen LogP contribution in [0.3, 0.4) is 0 Å². The summed E-state index contributed by atoms with van der Waals surface area (Å²) in [4.78, 5) is 14.6. The van der Waals surface area contributed by atoms with E-state index in [0.717, 1.165) is 0 Å². The first-order valence-electron chi connectivity index (χ1n) is 9.62. The number of aryl methyl sites for hydroxylation is 1. The first kappa shape index (κ1) is 23.2. The maximum Gasteiger partial charge on any atom is 0.262 e. The average molecular weight is 469 g/mol. The van der Waals surface area contributed by atoms with Gasteiger partial charge in [0.15, 0.2) is 0 Å². The molecule has 1 fully saturated rings. The molecule has 168 valence electrons. The van der Waals surface area contributed by atoms with E-state index in [0.29, 0.717) is 36.6 Å². The van der Waals surface area contributed by atoms with Crippen LogP contribution in [0.2, 0.25) is 5.02 Å². The number of rotatable bonds is 6. The van der Waals surface area contributed by atoms with Crippen molar-refractivity contribution >= 4 is 33.2 Å². The number of methoxy groups -OCH3 is 2. The second-order valence-corrected chi connectivity index (χ2v) is 9.26. The van der Waals surface area contributed by atoms with Gasteiger partial charge >= 0.3 is 0 Å². The number of benzene rings is 2. The van der Waals surface area contributed by atoms with Gasteiger partial charge in [-0.15, -0.1) is 0 Å². The SMILES string of the molecule is COc1cc(OC)c(NS(=O)(=O)c2cc(C(=O)N3CCO[C@@H](C)C3)ccc2C)cc1Cl. The van der Waals surface area contributed by atoms with E-state index in [-0.39, 0.29) is 33.4 Å². The van der Waals surface area contributed by atoms with E-state index in [1.54, 1.807) is 24.0 Å². The lowest BCUT2D eigenvalue weighted by Crippen LogP contribution is -2.44. The van der Waals surface area contributed by atoms with Crippen molar-refractivity contribution in [2.75, 3.05) is 38.6 Å². The molecule has 3 rings (SSSR count). The first-order chi connectivity index (χ1) is 14.7. The molecule has 10 heteroatoms. The highest BCUT2D eigenvalue weighted by Gasteiger charge is 2.26. The fourth-order valence-electron chi connectivity index (χ4n) is 3.35. The molecule has 0 aromatic heterocycles. The number of hydrogen-bond donors (Lipinski definition) is 1. The van der Waals surface area contributed by atoms with Crippen LogP contribution in [0, 0.1) is 6.92 Å². The fraction of sp³-hybridized carbons (Fsp3) is 0.381. The molecule has 0 aliphatic carbocycles. The molecule has 1 atom stereocenters. The minimum absolute atomic E-state index is 0.00588. The zero-order chi connectivity index (χ0) is 22.8. The molecule has 0 bridgehead atoms. The number of anilines is 1. The van der Waals surface area contributed by atoms with Gasteiger partial charge in [-0.2, -0.15) is 0 Å². The molecular weight excluding hydrogens is 444 g/mol. The van der Waals surface area contributed by atoms with E-state index in [9.17, 15) is 13.2 Å². The van der Waals surface area contributed by atoms with Crippen molar-refractivity contribution in [1.29, 1.82) is 0 Å². The number of nitrogens with zero attached hydrogens (tertiary/aromatic N) is 1. The Morgan fingerprint density at radius 2 is 1.90 bits per heavy atom. The summed E-state index contributed by atoms with van der Waals surface area (Å²) in [5.41, 5.74) is 0.948. The highest BCUT2D eigenvalue weighted by molar-refractivity contribution is 7.92. The van der Waals surface area contributed by atoms with Gasteiger partial charge in [0.2, 0.25) is 0 Å². The van der Waals surface area contributed by atoms with Crippen molar-refractivity contribution in [3.8, 4) is 11.5 Å². The molecule has 0 spiro atoms. The Hall–Kier alpha value is -2.49. The lowest BCUT2D eigenvalue weighted by molar-refractivity contribution is -0.0124. The van der Waals surface area contributed by atoms with Crippen LogP contribution >= 0.6 is 11.6 Å². The van der Waals surface area contributed by atoms with Gasteiger partial charge in [0.05, 0.1) is 42.5 Å². The van der Waals surface area contributed by atoms with Gasteiger partial charge in [-0.25, -0.2) is 8.42 Å². The number of carbonyl (C=O) groups excluding carboxylic acids is 1. The minimum Gasteiger partial charge on any atom is -0.495 e. The summed E-state index contributed by atoms with van der Waals surface area (Å²) in [6.45, 7) is 4.91. The van der Waals surface area contributed by atoms with Crippen molar-refractivity contribution in [3.63, 3.8) is 0 Å². The number of morpholine rings is 1. The molecule has 8 nitrogen and oxygen atoms in total. The number of sulfonamides is 1. The quantitative estimate of drug-likeness (QED) is 0.698. The van der Waals surface area contributed by atoms with Gasteiger partial charge < -0.3 is 19.1 Å². The summed E-state index contributed by atoms with van der Waals surface area (Å²) in [5, 5.41) is 0.225. The molecule has 0 radical (unpaired) electrons. The Balaban J connectivity index is 1.94. The predicted molar refractivity (Wildman–Crippen MR) is 118 cm³/mol. The van der Waals surface area contributed by atoms with E-state index in [1.807, 2.05) is 6.92 Å². The second kappa shape index (κ2) is 9.33. The van der Waals surface area contributed by atoms with Crippen LogP contribution in [-0.4, -0.2) is 59.2 Å². The van der Waals surface area contributed by atoms with Crippen molar-refractivity contribution in [3.05, 3.63) is 46.5 Å². The van der Waals surface area contributed by atoms with E-state index >= 15 is 0 Å². The summed E-state index contributed by atoms with van der Waals surface area (Å²) >= 11 is 6.15. The average Bonchev–Trinajstić information content (AvgIpc) is 2.73. The number of amides is 1. The predicted octanol–water partition coefficient (Wildman–Crippen LogP) is 3.33. The summed E-state index contributed by atoms with van der Waals surface area (Å²) in [6.07, 6.45) is -0.0692. The van der Waals surface area contributed by atoms with Crippen LogP contribution < -0.4 is 14.2 Å². The summed E-state index contributed by atoms with van der Waals surface area (Å²) < 4.78 is 44.7. The van der Waals surface area contributed by atoms with Crippen LogP contribution in [0.25, 0.3) is 0 Å². The molecule has 0 saturated carbocycles. The molecule has 2 aromatic carbocycles. The normalized spacial score (nSPS) is 16.7. The summed E-state index contributed by atoms with van der Waals surface area (Å²) in [7, 11) is -1.17. The van der Waals surface area contributed by atoms with E-state index in [1.165, 1.54) is 32.4 Å². The maximum absolute atomic E-state index is 13.2. The molecule has 1 N–H and O–H groups in total. The summed E-state index contributed by atoms with van der Waals surface area (Å²) in [6, 6.07) is 7.53. The van der Waals surface area contributed by atoms with E-state index in [2.05, 4.69) is 4.72 Å². The van der Waals surface area contributed by atoms with Crippen LogP contribution in [-0.2, 0) is 14.8 Å². The molecule has 1 aliphatic heterocycles. The van der Waals surface area contributed by atoms with E-state index in [4.69, 9.17) is 25.8 Å². The molecule has 1 saturated heterocycles. The minimum atomic E-state index is -4.04. The van der Waals surface area contributed by atoms with Gasteiger partial charge in [-0.05, 0) is 37.6 Å². The van der Waals surface area contributed by atoms with Crippen molar-refractivity contribution in [2.24, 2.45) is 0 Å². The topological polar surface area (TPSA) is 94.2 Å². The standard InChI is InChI=1S/C21H25ClN2O6S/c1-13-5-6-15(21(25)24-7-8-30-14(2)12-24)9-20(13)31(26,27)23-17-10-16(22)18(28-3)11-19(17)29-4/h5-6,9-11,14,23H,7-8,12H2,1-4H3/t14-/m0/s1. The van der Waals surface area contributed by atoms with Crippen LogP contribution in [0.5, 0.6) is 11.5 Å². The van der Waals surface area contributed by atoms with Crippen molar-refractivity contribution in [2.45, 2.75) is 24.8 Å². The first-order valence-corrected chi connectivity index (χ1v) is 11.5. The third-order valence-corrected chi connectivity index (χ3v) is 6.77. The number of ether oxygens (including phenoxy) is 3. The molecule has 31 heavy (non-hydrogen) atoms. The molecule has 2 aromatic rings. The molecule has 1 heterocycles. The second-order valence-electron chi connectivity index (χ2n) is 7.21. The van der Waals surface area contributed by atoms with Gasteiger partial charge in [0.1, 0.15) is 11.5 Å². The zero-order valence-electron chi connectivity index (χ0n) is 17.8. The number of hydrogen-bond acceptors (Lipinski definition) is 6. The Bertz CT molecular complexity index is 1090. The molecular formula is C21H25ClN2O6S. The number of carbonyl (C=O) groups is 1. The third-order valence-electron chi connectivity index (χ3n) is 4.97. The van der Waals surface area contributed by atoms with Crippen LogP contribution in [0.4, 0.5) is 5.69 Å². The van der Waals surface area contributed by atoms with Gasteiger partial charge in [0.25, 0.3) is 15.9 Å².